The number of aromatic nitrogens is 5. The van der Waals surface area contributed by atoms with Crippen LogP contribution in [-0.2, 0) is 20.1 Å². The monoisotopic (exact) mass is 433 g/mol. The average Bonchev–Trinajstić information content (AvgIpc) is 3.50. The maximum absolute atomic E-state index is 4.56. The van der Waals surface area contributed by atoms with Crippen LogP contribution in [0.15, 0.2) is 49.1 Å². The van der Waals surface area contributed by atoms with Crippen molar-refractivity contribution < 1.29 is 0 Å². The van der Waals surface area contributed by atoms with E-state index in [-0.39, 0.29) is 5.41 Å². The highest BCUT2D eigenvalue weighted by atomic mass is 15.3. The summed E-state index contributed by atoms with van der Waals surface area (Å²) in [6, 6.07) is 11.3. The predicted octanol–water partition coefficient (Wildman–Crippen LogP) is 3.47. The van der Waals surface area contributed by atoms with E-state index < -0.39 is 0 Å². The molecule has 2 aliphatic rings. The second kappa shape index (κ2) is 8.79. The molecule has 0 N–H and O–H groups in total. The van der Waals surface area contributed by atoms with Crippen LogP contribution in [0.3, 0.4) is 0 Å². The van der Waals surface area contributed by atoms with Gasteiger partial charge < -0.3 is 4.57 Å². The molecule has 2 aliphatic heterocycles. The lowest BCUT2D eigenvalue weighted by Crippen LogP contribution is -2.43. The van der Waals surface area contributed by atoms with Crippen molar-refractivity contribution in [3.8, 4) is 0 Å². The van der Waals surface area contributed by atoms with Gasteiger partial charge in [0.2, 0.25) is 0 Å². The Balaban J connectivity index is 1.30. The van der Waals surface area contributed by atoms with E-state index in [1.54, 1.807) is 0 Å². The third kappa shape index (κ3) is 4.24. The maximum atomic E-state index is 4.56. The van der Waals surface area contributed by atoms with Crippen LogP contribution in [-0.4, -0.2) is 60.5 Å². The van der Waals surface area contributed by atoms with Gasteiger partial charge in [-0.1, -0.05) is 30.3 Å². The number of hydrogen-bond donors (Lipinski definition) is 0. The number of likely N-dealkylation sites (tertiary alicyclic amines) is 2. The third-order valence-corrected chi connectivity index (χ3v) is 7.47. The predicted molar refractivity (Wildman–Crippen MR) is 125 cm³/mol. The molecule has 170 valence electrons. The average molecular weight is 434 g/mol. The van der Waals surface area contributed by atoms with Crippen molar-refractivity contribution in [1.29, 1.82) is 0 Å². The zero-order valence-corrected chi connectivity index (χ0v) is 19.6. The van der Waals surface area contributed by atoms with E-state index in [1.165, 1.54) is 24.0 Å². The molecule has 0 saturated carbocycles. The Morgan fingerprint density at radius 3 is 2.44 bits per heavy atom. The molecule has 5 rings (SSSR count). The van der Waals surface area contributed by atoms with Crippen molar-refractivity contribution in [1.82, 2.24) is 34.3 Å². The number of aryl methyl sites for hydroxylation is 1. The zero-order chi connectivity index (χ0) is 22.1. The summed E-state index contributed by atoms with van der Waals surface area (Å²) in [6.07, 6.45) is 8.49. The van der Waals surface area contributed by atoms with Crippen molar-refractivity contribution >= 4 is 0 Å². The summed E-state index contributed by atoms with van der Waals surface area (Å²) in [5, 5.41) is 13.3. The van der Waals surface area contributed by atoms with Crippen molar-refractivity contribution in [3.63, 3.8) is 0 Å². The van der Waals surface area contributed by atoms with Gasteiger partial charge in [0.25, 0.3) is 0 Å². The Morgan fingerprint density at radius 2 is 1.78 bits per heavy atom. The molecule has 1 unspecified atom stereocenters. The highest BCUT2D eigenvalue weighted by molar-refractivity contribution is 5.18. The van der Waals surface area contributed by atoms with Crippen LogP contribution >= 0.6 is 0 Å². The van der Waals surface area contributed by atoms with Crippen LogP contribution < -0.4 is 0 Å². The van der Waals surface area contributed by atoms with E-state index in [4.69, 9.17) is 0 Å². The zero-order valence-electron chi connectivity index (χ0n) is 19.6. The minimum absolute atomic E-state index is 0.272. The van der Waals surface area contributed by atoms with Crippen LogP contribution in [0.5, 0.6) is 0 Å². The first-order chi connectivity index (χ1) is 15.5. The van der Waals surface area contributed by atoms with Crippen LogP contribution in [0.1, 0.15) is 55.6 Å². The lowest BCUT2D eigenvalue weighted by Gasteiger charge is -2.42. The molecule has 1 spiro atoms. The van der Waals surface area contributed by atoms with Gasteiger partial charge in [0, 0.05) is 56.9 Å². The third-order valence-electron chi connectivity index (χ3n) is 7.47. The molecule has 0 bridgehead atoms. The first-order valence-electron chi connectivity index (χ1n) is 11.9. The summed E-state index contributed by atoms with van der Waals surface area (Å²) in [6.45, 7) is 10.8. The number of hydrogen-bond acceptors (Lipinski definition) is 5. The fourth-order valence-electron chi connectivity index (χ4n) is 5.66. The quantitative estimate of drug-likeness (QED) is 0.596. The first-order valence-corrected chi connectivity index (χ1v) is 11.9. The molecular weight excluding hydrogens is 398 g/mol. The maximum Gasteiger partial charge on any atom is 0.137 e. The second-order valence-corrected chi connectivity index (χ2v) is 10.1. The molecule has 0 amide bonds. The number of nitrogens with zero attached hydrogens (tertiary/aromatic N) is 7. The van der Waals surface area contributed by atoms with E-state index in [0.717, 1.165) is 45.1 Å². The molecule has 2 aromatic heterocycles. The molecule has 3 aromatic rings. The highest BCUT2D eigenvalue weighted by Gasteiger charge is 2.50. The van der Waals surface area contributed by atoms with Gasteiger partial charge in [0.15, 0.2) is 0 Å². The van der Waals surface area contributed by atoms with Crippen molar-refractivity contribution in [2.24, 2.45) is 12.5 Å². The normalized spacial score (nSPS) is 21.7. The minimum atomic E-state index is 0.272. The van der Waals surface area contributed by atoms with E-state index in [2.05, 4.69) is 91.8 Å². The highest BCUT2D eigenvalue weighted by Crippen LogP contribution is 2.49. The fourth-order valence-corrected chi connectivity index (χ4v) is 5.66. The van der Waals surface area contributed by atoms with Crippen molar-refractivity contribution in [2.75, 3.05) is 26.2 Å². The molecule has 7 nitrogen and oxygen atoms in total. The standard InChI is InChI=1S/C25H35N7/c1-20(2)32-16-22(13-27-32)15-30-11-9-25(10-12-30)18-31(14-21-7-5-4-6-8-21)17-23(25)24-28-26-19-29(24)3/h4-8,13,16,19-20,23H,9-12,14-15,17-18H2,1-3H3. The van der Waals surface area contributed by atoms with Gasteiger partial charge in [-0.25, -0.2) is 0 Å². The smallest absolute Gasteiger partial charge is 0.137 e. The fraction of sp³-hybridized carbons (Fsp3) is 0.560. The summed E-state index contributed by atoms with van der Waals surface area (Å²) in [5.41, 5.74) is 2.98. The molecule has 2 saturated heterocycles. The van der Waals surface area contributed by atoms with Gasteiger partial charge in [0.1, 0.15) is 12.2 Å². The molecular formula is C25H35N7. The number of piperidine rings is 1. The van der Waals surface area contributed by atoms with E-state index in [1.807, 2.05) is 12.5 Å². The van der Waals surface area contributed by atoms with Crippen molar-refractivity contribution in [2.45, 2.75) is 51.7 Å². The first kappa shape index (κ1) is 21.3. The largest absolute Gasteiger partial charge is 0.320 e. The van der Waals surface area contributed by atoms with Crippen LogP contribution in [0.25, 0.3) is 0 Å². The van der Waals surface area contributed by atoms with Crippen LogP contribution in [0.2, 0.25) is 0 Å². The Morgan fingerprint density at radius 1 is 1.03 bits per heavy atom. The second-order valence-electron chi connectivity index (χ2n) is 10.1. The Labute approximate surface area is 191 Å². The van der Waals surface area contributed by atoms with Gasteiger partial charge in [-0.3, -0.25) is 14.5 Å². The summed E-state index contributed by atoms with van der Waals surface area (Å²) in [4.78, 5) is 5.23. The molecule has 4 heterocycles. The van der Waals surface area contributed by atoms with Gasteiger partial charge in [-0.05, 0) is 50.8 Å². The van der Waals surface area contributed by atoms with Crippen LogP contribution in [0.4, 0.5) is 0 Å². The molecule has 0 aliphatic carbocycles. The van der Waals surface area contributed by atoms with E-state index in [0.29, 0.717) is 12.0 Å². The molecule has 32 heavy (non-hydrogen) atoms. The van der Waals surface area contributed by atoms with Crippen LogP contribution in [0, 0.1) is 5.41 Å². The van der Waals surface area contributed by atoms with Gasteiger partial charge in [-0.2, -0.15) is 5.10 Å². The summed E-state index contributed by atoms with van der Waals surface area (Å²) < 4.78 is 4.19. The Hall–Kier alpha value is -2.51. The molecule has 1 aromatic carbocycles. The van der Waals surface area contributed by atoms with Gasteiger partial charge in [-0.15, -0.1) is 10.2 Å². The van der Waals surface area contributed by atoms with Gasteiger partial charge >= 0.3 is 0 Å². The van der Waals surface area contributed by atoms with Crippen molar-refractivity contribution in [3.05, 3.63) is 66.0 Å². The Bertz CT molecular complexity index is 1010. The SMILES string of the molecule is CC(C)n1cc(CN2CCC3(CC2)CN(Cc2ccccc2)CC3c2nncn2C)cn1. The summed E-state index contributed by atoms with van der Waals surface area (Å²) >= 11 is 0. The number of benzene rings is 1. The summed E-state index contributed by atoms with van der Waals surface area (Å²) in [7, 11) is 2.09. The topological polar surface area (TPSA) is 55.0 Å². The molecule has 1 atom stereocenters. The molecule has 7 heteroatoms. The Kier molecular flexibility index (Phi) is 5.86. The minimum Gasteiger partial charge on any atom is -0.320 e. The van der Waals surface area contributed by atoms with E-state index >= 15 is 0 Å². The van der Waals surface area contributed by atoms with Gasteiger partial charge in [0.05, 0.1) is 6.20 Å². The lowest BCUT2D eigenvalue weighted by atomic mass is 9.70. The summed E-state index contributed by atoms with van der Waals surface area (Å²) in [5.74, 6) is 1.58. The molecule has 2 fully saturated rings. The number of rotatable bonds is 6. The molecule has 0 radical (unpaired) electrons. The van der Waals surface area contributed by atoms with E-state index in [9.17, 15) is 0 Å². The lowest BCUT2D eigenvalue weighted by molar-refractivity contribution is 0.0888.